The molecule has 0 amide bonds. The molecule has 0 unspecified atom stereocenters. The largest absolute Gasteiger partial charge is 0.419 e. The summed E-state index contributed by atoms with van der Waals surface area (Å²) >= 11 is 0. The van der Waals surface area contributed by atoms with Gasteiger partial charge in [-0.3, -0.25) is 4.68 Å². The Morgan fingerprint density at radius 2 is 1.88 bits per heavy atom. The summed E-state index contributed by atoms with van der Waals surface area (Å²) in [5.74, 6) is 1.44. The monoisotopic (exact) mass is 350 g/mol. The highest BCUT2D eigenvalue weighted by Crippen LogP contribution is 2.63. The molecule has 4 nitrogen and oxygen atoms in total. The fourth-order valence-electron chi connectivity index (χ4n) is 4.32. The second kappa shape index (κ2) is 5.47. The van der Waals surface area contributed by atoms with Gasteiger partial charge in [0.25, 0.3) is 0 Å². The number of anilines is 1. The molecular formula is C18H21F3N4. The topological polar surface area (TPSA) is 56.7 Å². The molecule has 2 N–H and O–H groups in total. The maximum Gasteiger partial charge on any atom is 0.419 e. The van der Waals surface area contributed by atoms with Crippen molar-refractivity contribution in [2.45, 2.75) is 51.2 Å². The maximum atomic E-state index is 13.1. The van der Waals surface area contributed by atoms with E-state index < -0.39 is 17.6 Å². The predicted molar refractivity (Wildman–Crippen MR) is 88.8 cm³/mol. The van der Waals surface area contributed by atoms with Crippen molar-refractivity contribution in [2.75, 3.05) is 5.73 Å². The van der Waals surface area contributed by atoms with Gasteiger partial charge in [0.15, 0.2) is 0 Å². The van der Waals surface area contributed by atoms with Crippen molar-refractivity contribution >= 4 is 5.82 Å². The van der Waals surface area contributed by atoms with E-state index in [1.807, 2.05) is 24.6 Å². The van der Waals surface area contributed by atoms with E-state index in [0.717, 1.165) is 23.6 Å². The van der Waals surface area contributed by atoms with E-state index in [-0.39, 0.29) is 6.04 Å². The summed E-state index contributed by atoms with van der Waals surface area (Å²) in [5.41, 5.74) is 6.52. The van der Waals surface area contributed by atoms with Gasteiger partial charge in [0.05, 0.1) is 11.3 Å². The van der Waals surface area contributed by atoms with Crippen LogP contribution in [0.1, 0.15) is 56.3 Å². The molecule has 2 aromatic heterocycles. The van der Waals surface area contributed by atoms with Crippen molar-refractivity contribution in [1.82, 2.24) is 14.8 Å². The van der Waals surface area contributed by atoms with Crippen LogP contribution in [-0.2, 0) is 6.18 Å². The maximum absolute atomic E-state index is 13.1. The first kappa shape index (κ1) is 16.4. The van der Waals surface area contributed by atoms with Crippen LogP contribution in [-0.4, -0.2) is 14.8 Å². The molecule has 2 aliphatic rings. The van der Waals surface area contributed by atoms with Crippen molar-refractivity contribution in [2.24, 2.45) is 11.8 Å². The normalized spacial score (nSPS) is 25.4. The molecule has 25 heavy (non-hydrogen) atoms. The molecule has 0 bridgehead atoms. The van der Waals surface area contributed by atoms with Gasteiger partial charge in [-0.15, -0.1) is 0 Å². The number of nitrogen functional groups attached to an aromatic ring is 1. The van der Waals surface area contributed by atoms with E-state index in [9.17, 15) is 13.2 Å². The van der Waals surface area contributed by atoms with Crippen LogP contribution in [0.3, 0.4) is 0 Å². The average molecular weight is 350 g/mol. The van der Waals surface area contributed by atoms with E-state index in [4.69, 9.17) is 5.73 Å². The number of hydrogen-bond donors (Lipinski definition) is 1. The van der Waals surface area contributed by atoms with Crippen molar-refractivity contribution in [3.05, 3.63) is 29.6 Å². The number of hydrogen-bond acceptors (Lipinski definition) is 3. The zero-order chi connectivity index (χ0) is 17.9. The zero-order valence-corrected chi connectivity index (χ0v) is 14.2. The molecule has 134 valence electrons. The highest BCUT2D eigenvalue weighted by Gasteiger charge is 2.54. The summed E-state index contributed by atoms with van der Waals surface area (Å²) in [6.07, 6.45) is 0.621. The molecule has 2 saturated carbocycles. The Hall–Kier alpha value is -2.05. The Bertz CT molecular complexity index is 799. The summed E-state index contributed by atoms with van der Waals surface area (Å²) in [6, 6.07) is 3.15. The van der Waals surface area contributed by atoms with Crippen LogP contribution >= 0.6 is 0 Å². The summed E-state index contributed by atoms with van der Waals surface area (Å²) in [6.45, 7) is 4.08. The molecule has 3 atom stereocenters. The Labute approximate surface area is 144 Å². The summed E-state index contributed by atoms with van der Waals surface area (Å²) in [7, 11) is 0. The highest BCUT2D eigenvalue weighted by atomic mass is 19.4. The third-order valence-corrected chi connectivity index (χ3v) is 5.52. The SMILES string of the molecule is CC(C)n1nc(-c2cnc(N)c(C(F)(F)F)c2)cc1[C@@H]1[C@@H]2CCC[C@@H]21. The number of fused-ring (bicyclic) bond motifs is 1. The number of halogens is 3. The molecule has 4 rings (SSSR count). The van der Waals surface area contributed by atoms with Crippen LogP contribution in [0.2, 0.25) is 0 Å². The van der Waals surface area contributed by atoms with Crippen LogP contribution in [0.5, 0.6) is 0 Å². The molecule has 2 heterocycles. The Balaban J connectivity index is 1.74. The molecular weight excluding hydrogens is 329 g/mol. The number of rotatable bonds is 3. The van der Waals surface area contributed by atoms with E-state index in [1.165, 1.54) is 25.5 Å². The van der Waals surface area contributed by atoms with Gasteiger partial charge in [0.1, 0.15) is 5.82 Å². The van der Waals surface area contributed by atoms with Crippen LogP contribution in [0.15, 0.2) is 18.3 Å². The standard InChI is InChI=1S/C18H21F3N4/c1-9(2)25-15(16-11-4-3-5-12(11)16)7-14(24-25)10-6-13(18(19,20)21)17(22)23-8-10/h6-9,11-12,16H,3-5H2,1-2H3,(H2,22,23)/t11-,12+,16-. The number of aromatic nitrogens is 3. The van der Waals surface area contributed by atoms with Gasteiger partial charge < -0.3 is 5.73 Å². The fourth-order valence-corrected chi connectivity index (χ4v) is 4.32. The van der Waals surface area contributed by atoms with Crippen LogP contribution < -0.4 is 5.73 Å². The minimum Gasteiger partial charge on any atom is -0.383 e. The molecule has 0 spiro atoms. The molecule has 2 aromatic rings. The molecule has 0 aliphatic heterocycles. The summed E-state index contributed by atoms with van der Waals surface area (Å²) < 4.78 is 41.3. The van der Waals surface area contributed by atoms with E-state index in [1.54, 1.807) is 0 Å². The first-order chi connectivity index (χ1) is 11.8. The van der Waals surface area contributed by atoms with Gasteiger partial charge in [-0.25, -0.2) is 4.98 Å². The van der Waals surface area contributed by atoms with Gasteiger partial charge in [-0.1, -0.05) is 6.42 Å². The number of nitrogens with two attached hydrogens (primary N) is 1. The Kier molecular flexibility index (Phi) is 3.60. The van der Waals surface area contributed by atoms with Crippen molar-refractivity contribution in [3.63, 3.8) is 0 Å². The van der Waals surface area contributed by atoms with E-state index >= 15 is 0 Å². The fraction of sp³-hybridized carbons (Fsp3) is 0.556. The second-order valence-corrected chi connectivity index (χ2v) is 7.43. The lowest BCUT2D eigenvalue weighted by atomic mass is 10.1. The molecule has 2 fully saturated rings. The number of nitrogens with zero attached hydrogens (tertiary/aromatic N) is 3. The Morgan fingerprint density at radius 1 is 1.20 bits per heavy atom. The van der Waals surface area contributed by atoms with Gasteiger partial charge in [-0.2, -0.15) is 18.3 Å². The van der Waals surface area contributed by atoms with Crippen molar-refractivity contribution < 1.29 is 13.2 Å². The van der Waals surface area contributed by atoms with Crippen LogP contribution in [0.4, 0.5) is 19.0 Å². The first-order valence-corrected chi connectivity index (χ1v) is 8.70. The minimum atomic E-state index is -4.52. The summed E-state index contributed by atoms with van der Waals surface area (Å²) in [4.78, 5) is 3.73. The molecule has 0 aromatic carbocycles. The first-order valence-electron chi connectivity index (χ1n) is 8.70. The van der Waals surface area contributed by atoms with Crippen LogP contribution in [0, 0.1) is 11.8 Å². The third kappa shape index (κ3) is 2.69. The van der Waals surface area contributed by atoms with E-state index in [0.29, 0.717) is 17.2 Å². The quantitative estimate of drug-likeness (QED) is 0.877. The van der Waals surface area contributed by atoms with Crippen molar-refractivity contribution in [1.29, 1.82) is 0 Å². The van der Waals surface area contributed by atoms with Crippen LogP contribution in [0.25, 0.3) is 11.3 Å². The van der Waals surface area contributed by atoms with Gasteiger partial charge >= 0.3 is 6.18 Å². The lowest BCUT2D eigenvalue weighted by Gasteiger charge is -2.12. The smallest absolute Gasteiger partial charge is 0.383 e. The lowest BCUT2D eigenvalue weighted by molar-refractivity contribution is -0.137. The predicted octanol–water partition coefficient (Wildman–Crippen LogP) is 4.64. The molecule has 0 saturated heterocycles. The van der Waals surface area contributed by atoms with Gasteiger partial charge in [0, 0.05) is 29.4 Å². The minimum absolute atomic E-state index is 0.161. The highest BCUT2D eigenvalue weighted by molar-refractivity contribution is 5.63. The molecule has 0 radical (unpaired) electrons. The number of alkyl halides is 3. The third-order valence-electron chi connectivity index (χ3n) is 5.52. The number of pyridine rings is 1. The lowest BCUT2D eigenvalue weighted by Crippen LogP contribution is -2.10. The van der Waals surface area contributed by atoms with Gasteiger partial charge in [0.2, 0.25) is 0 Å². The van der Waals surface area contributed by atoms with E-state index in [2.05, 4.69) is 10.1 Å². The zero-order valence-electron chi connectivity index (χ0n) is 14.2. The molecule has 2 aliphatic carbocycles. The van der Waals surface area contributed by atoms with Gasteiger partial charge in [-0.05, 0) is 50.7 Å². The Morgan fingerprint density at radius 3 is 2.48 bits per heavy atom. The summed E-state index contributed by atoms with van der Waals surface area (Å²) in [5, 5.41) is 4.59. The van der Waals surface area contributed by atoms with Crippen molar-refractivity contribution in [3.8, 4) is 11.3 Å². The molecule has 7 heteroatoms. The second-order valence-electron chi connectivity index (χ2n) is 7.43. The average Bonchev–Trinajstić information content (AvgIpc) is 2.93.